The summed E-state index contributed by atoms with van der Waals surface area (Å²) in [6.07, 6.45) is 1.84. The third kappa shape index (κ3) is 2.14. The first-order valence-corrected chi connectivity index (χ1v) is 6.41. The highest BCUT2D eigenvalue weighted by Gasteiger charge is 2.32. The first kappa shape index (κ1) is 13.1. The van der Waals surface area contributed by atoms with E-state index in [4.69, 9.17) is 11.6 Å². The van der Waals surface area contributed by atoms with E-state index in [1.165, 1.54) is 0 Å². The molecule has 0 saturated carbocycles. The molecule has 6 heteroatoms. The van der Waals surface area contributed by atoms with E-state index < -0.39 is 0 Å². The minimum Gasteiger partial charge on any atom is -0.357 e. The van der Waals surface area contributed by atoms with Gasteiger partial charge in [-0.3, -0.25) is 4.79 Å². The minimum atomic E-state index is -0.149. The molecule has 1 aromatic heterocycles. The molecule has 0 spiro atoms. The van der Waals surface area contributed by atoms with Crippen molar-refractivity contribution < 1.29 is 4.79 Å². The molecule has 1 atom stereocenters. The number of aromatic nitrogens is 2. The highest BCUT2D eigenvalue weighted by molar-refractivity contribution is 6.30. The van der Waals surface area contributed by atoms with Gasteiger partial charge in [-0.1, -0.05) is 11.6 Å². The van der Waals surface area contributed by atoms with Crippen molar-refractivity contribution >= 4 is 23.3 Å². The van der Waals surface area contributed by atoms with Gasteiger partial charge in [-0.25, -0.2) is 0 Å². The molecule has 1 N–H and O–H groups in total. The Labute approximate surface area is 112 Å². The molecule has 1 saturated heterocycles. The summed E-state index contributed by atoms with van der Waals surface area (Å²) in [6.45, 7) is 4.71. The van der Waals surface area contributed by atoms with Gasteiger partial charge < -0.3 is 10.2 Å². The van der Waals surface area contributed by atoms with Crippen LogP contribution in [0.4, 0.5) is 5.82 Å². The molecule has 1 unspecified atom stereocenters. The molecule has 1 aliphatic rings. The van der Waals surface area contributed by atoms with Crippen LogP contribution in [0, 0.1) is 13.8 Å². The van der Waals surface area contributed by atoms with Gasteiger partial charge in [-0.15, -0.1) is 10.2 Å². The number of hydrogen-bond donors (Lipinski definition) is 1. The number of nitrogens with one attached hydrogen (secondary N) is 1. The van der Waals surface area contributed by atoms with Gasteiger partial charge in [0.15, 0.2) is 11.0 Å². The number of likely N-dealkylation sites (N-methyl/N-ethyl adjacent to an activating group) is 1. The number of nitrogens with zero attached hydrogens (tertiary/aromatic N) is 3. The Morgan fingerprint density at radius 1 is 1.39 bits per heavy atom. The molecule has 1 fully saturated rings. The van der Waals surface area contributed by atoms with Crippen molar-refractivity contribution in [2.24, 2.45) is 0 Å². The smallest absolute Gasteiger partial charge is 0.242 e. The van der Waals surface area contributed by atoms with Gasteiger partial charge in [0.25, 0.3) is 0 Å². The van der Waals surface area contributed by atoms with Crippen LogP contribution in [0.3, 0.4) is 0 Å². The third-order valence-corrected chi connectivity index (χ3v) is 3.87. The van der Waals surface area contributed by atoms with Gasteiger partial charge in [0.1, 0.15) is 6.04 Å². The highest BCUT2D eigenvalue weighted by atomic mass is 35.5. The Bertz CT molecular complexity index is 477. The van der Waals surface area contributed by atoms with E-state index in [1.54, 1.807) is 7.05 Å². The van der Waals surface area contributed by atoms with Crippen molar-refractivity contribution in [1.82, 2.24) is 15.5 Å². The van der Waals surface area contributed by atoms with Crippen molar-refractivity contribution in [1.29, 1.82) is 0 Å². The summed E-state index contributed by atoms with van der Waals surface area (Å²) < 4.78 is 0. The van der Waals surface area contributed by atoms with E-state index in [0.717, 1.165) is 36.3 Å². The molecular weight excluding hydrogens is 252 g/mol. The summed E-state index contributed by atoms with van der Waals surface area (Å²) in [7, 11) is 1.66. The van der Waals surface area contributed by atoms with Gasteiger partial charge in [-0.2, -0.15) is 0 Å². The average Bonchev–Trinajstić information content (AvgIpc) is 2.84. The molecule has 1 amide bonds. The van der Waals surface area contributed by atoms with Crippen molar-refractivity contribution in [3.8, 4) is 0 Å². The Morgan fingerprint density at radius 2 is 2.11 bits per heavy atom. The van der Waals surface area contributed by atoms with Crippen LogP contribution in [0.2, 0.25) is 5.15 Å². The van der Waals surface area contributed by atoms with Crippen LogP contribution in [-0.4, -0.2) is 35.7 Å². The van der Waals surface area contributed by atoms with Gasteiger partial charge in [0.2, 0.25) is 5.91 Å². The van der Waals surface area contributed by atoms with Crippen LogP contribution >= 0.6 is 11.6 Å². The fourth-order valence-corrected chi connectivity index (χ4v) is 2.48. The zero-order valence-corrected chi connectivity index (χ0v) is 11.6. The predicted molar refractivity (Wildman–Crippen MR) is 71.0 cm³/mol. The summed E-state index contributed by atoms with van der Waals surface area (Å²) in [5.41, 5.74) is 1.91. The number of carbonyl (C=O) groups excluding carboxylic acids is 1. The number of anilines is 1. The lowest BCUT2D eigenvalue weighted by Gasteiger charge is -2.25. The Kier molecular flexibility index (Phi) is 3.71. The quantitative estimate of drug-likeness (QED) is 0.882. The second kappa shape index (κ2) is 5.10. The number of amides is 1. The van der Waals surface area contributed by atoms with E-state index in [-0.39, 0.29) is 11.9 Å². The van der Waals surface area contributed by atoms with E-state index in [1.807, 2.05) is 18.7 Å². The number of carbonyl (C=O) groups is 1. The lowest BCUT2D eigenvalue weighted by atomic mass is 10.1. The molecule has 18 heavy (non-hydrogen) atoms. The van der Waals surface area contributed by atoms with Gasteiger partial charge in [-0.05, 0) is 37.8 Å². The molecule has 2 rings (SSSR count). The first-order valence-electron chi connectivity index (χ1n) is 6.04. The number of halogens is 1. The fraction of sp³-hybridized carbons (Fsp3) is 0.583. The van der Waals surface area contributed by atoms with Crippen LogP contribution in [0.25, 0.3) is 0 Å². The molecular formula is C12H17ClN4O. The van der Waals surface area contributed by atoms with Crippen LogP contribution in [0.5, 0.6) is 0 Å². The summed E-state index contributed by atoms with van der Waals surface area (Å²) in [5, 5.41) is 11.2. The molecule has 0 bridgehead atoms. The molecule has 1 aromatic rings. The second-order valence-electron chi connectivity index (χ2n) is 4.53. The highest BCUT2D eigenvalue weighted by Crippen LogP contribution is 2.29. The molecule has 0 aliphatic carbocycles. The molecule has 98 valence electrons. The Hall–Kier alpha value is -1.36. The number of rotatable bonds is 2. The molecule has 0 aromatic carbocycles. The topological polar surface area (TPSA) is 58.1 Å². The maximum atomic E-state index is 11.8. The van der Waals surface area contributed by atoms with Crippen molar-refractivity contribution in [3.63, 3.8) is 0 Å². The molecule has 2 heterocycles. The third-order valence-electron chi connectivity index (χ3n) is 3.51. The SMILES string of the molecule is CNC(=O)C1CCCN1c1nnc(Cl)c(C)c1C. The summed E-state index contributed by atoms with van der Waals surface area (Å²) in [4.78, 5) is 13.9. The average molecular weight is 269 g/mol. The molecule has 1 aliphatic heterocycles. The normalized spacial score (nSPS) is 19.1. The maximum Gasteiger partial charge on any atom is 0.242 e. The Morgan fingerprint density at radius 3 is 2.78 bits per heavy atom. The van der Waals surface area contributed by atoms with Crippen molar-refractivity contribution in [2.45, 2.75) is 32.7 Å². The van der Waals surface area contributed by atoms with Crippen molar-refractivity contribution in [2.75, 3.05) is 18.5 Å². The van der Waals surface area contributed by atoms with E-state index in [0.29, 0.717) is 5.15 Å². The minimum absolute atomic E-state index is 0.0290. The van der Waals surface area contributed by atoms with E-state index in [9.17, 15) is 4.79 Å². The van der Waals surface area contributed by atoms with Crippen LogP contribution in [0.1, 0.15) is 24.0 Å². The van der Waals surface area contributed by atoms with Crippen LogP contribution in [0.15, 0.2) is 0 Å². The lowest BCUT2D eigenvalue weighted by molar-refractivity contribution is -0.121. The number of hydrogen-bond acceptors (Lipinski definition) is 4. The molecule has 0 radical (unpaired) electrons. The van der Waals surface area contributed by atoms with Gasteiger partial charge in [0.05, 0.1) is 0 Å². The largest absolute Gasteiger partial charge is 0.357 e. The monoisotopic (exact) mass is 268 g/mol. The van der Waals surface area contributed by atoms with Gasteiger partial charge >= 0.3 is 0 Å². The Balaban J connectivity index is 2.36. The summed E-state index contributed by atoms with van der Waals surface area (Å²) in [6, 6.07) is -0.149. The van der Waals surface area contributed by atoms with E-state index in [2.05, 4.69) is 15.5 Å². The zero-order valence-electron chi connectivity index (χ0n) is 10.8. The first-order chi connectivity index (χ1) is 8.56. The van der Waals surface area contributed by atoms with Crippen LogP contribution < -0.4 is 10.2 Å². The maximum absolute atomic E-state index is 11.8. The predicted octanol–water partition coefficient (Wildman–Crippen LogP) is 1.46. The van der Waals surface area contributed by atoms with Crippen molar-refractivity contribution in [3.05, 3.63) is 16.3 Å². The molecule has 5 nitrogen and oxygen atoms in total. The van der Waals surface area contributed by atoms with E-state index >= 15 is 0 Å². The summed E-state index contributed by atoms with van der Waals surface area (Å²) in [5.74, 6) is 0.796. The standard InChI is InChI=1S/C12H17ClN4O/c1-7-8(2)11(16-15-10(7)13)17-6-4-5-9(17)12(18)14-3/h9H,4-6H2,1-3H3,(H,14,18). The zero-order chi connectivity index (χ0) is 13.3. The fourth-order valence-electron chi connectivity index (χ4n) is 2.30. The summed E-state index contributed by atoms with van der Waals surface area (Å²) >= 11 is 5.95. The lowest BCUT2D eigenvalue weighted by Crippen LogP contribution is -2.42. The second-order valence-corrected chi connectivity index (χ2v) is 4.89. The van der Waals surface area contributed by atoms with Crippen LogP contribution in [-0.2, 0) is 4.79 Å². The van der Waals surface area contributed by atoms with Gasteiger partial charge in [0, 0.05) is 13.6 Å².